The number of allylic oxidation sites excluding steroid dienone is 2. The number of hydrogen-bond donors (Lipinski definition) is 0. The molecular formula is C61H120O2. The van der Waals surface area contributed by atoms with Crippen LogP contribution in [0.3, 0.4) is 0 Å². The van der Waals surface area contributed by atoms with Gasteiger partial charge in [0.15, 0.2) is 0 Å². The summed E-state index contributed by atoms with van der Waals surface area (Å²) < 4.78 is 5.51. The fraction of sp³-hybridized carbons (Fsp3) is 0.951. The fourth-order valence-electron chi connectivity index (χ4n) is 9.62. The van der Waals surface area contributed by atoms with Crippen LogP contribution in [0.4, 0.5) is 0 Å². The molecule has 0 rings (SSSR count). The standard InChI is InChI=1S/C61H120O2/c1-4-5-6-7-8-9-10-11-12-13-14-27-31-34-37-40-43-46-49-52-55-58-61(62)63-59-56-53-50-47-44-41-38-35-32-29-26-24-22-20-18-16-15-17-19-21-23-25-28-30-33-36-39-42-45-48-51-54-57-60(2)3/h11-12,60H,4-10,13-59H2,1-3H3. The van der Waals surface area contributed by atoms with Crippen LogP contribution < -0.4 is 0 Å². The molecule has 0 spiro atoms. The Hall–Kier alpha value is -0.790. The molecule has 0 fully saturated rings. The molecule has 0 aliphatic rings. The SMILES string of the molecule is CCCCCCCCC=CCCCCCCCCCCCCCC(=O)OCCCCCCCCCCCCCCCCCCCCCCCCCCCCCCCCCCC(C)C. The quantitative estimate of drug-likeness (QED) is 0.0346. The molecule has 0 radical (unpaired) electrons. The lowest BCUT2D eigenvalue weighted by molar-refractivity contribution is -0.143. The minimum atomic E-state index is 0.0317. The molecule has 2 nitrogen and oxygen atoms in total. The fourth-order valence-corrected chi connectivity index (χ4v) is 9.62. The van der Waals surface area contributed by atoms with Gasteiger partial charge < -0.3 is 4.74 Å². The molecule has 376 valence electrons. The van der Waals surface area contributed by atoms with E-state index in [-0.39, 0.29) is 5.97 Å². The summed E-state index contributed by atoms with van der Waals surface area (Å²) in [6, 6.07) is 0. The van der Waals surface area contributed by atoms with Crippen molar-refractivity contribution in [2.24, 2.45) is 5.92 Å². The molecule has 0 saturated heterocycles. The van der Waals surface area contributed by atoms with Crippen LogP contribution >= 0.6 is 0 Å². The highest BCUT2D eigenvalue weighted by molar-refractivity contribution is 5.69. The molecule has 2 heteroatoms. The minimum absolute atomic E-state index is 0.0317. The molecule has 0 saturated carbocycles. The summed E-state index contributed by atoms with van der Waals surface area (Å²) in [5.74, 6) is 0.921. The van der Waals surface area contributed by atoms with Gasteiger partial charge in [0.1, 0.15) is 0 Å². The van der Waals surface area contributed by atoms with E-state index < -0.39 is 0 Å². The maximum atomic E-state index is 12.1. The summed E-state index contributed by atoms with van der Waals surface area (Å²) in [4.78, 5) is 12.1. The second kappa shape index (κ2) is 57.3. The predicted octanol–water partition coefficient (Wildman–Crippen LogP) is 22.4. The van der Waals surface area contributed by atoms with Crippen LogP contribution in [0.1, 0.15) is 361 Å². The van der Waals surface area contributed by atoms with Gasteiger partial charge in [-0.15, -0.1) is 0 Å². The third-order valence-electron chi connectivity index (χ3n) is 14.1. The molecule has 0 N–H and O–H groups in total. The van der Waals surface area contributed by atoms with Crippen LogP contribution in [0, 0.1) is 5.92 Å². The van der Waals surface area contributed by atoms with Crippen molar-refractivity contribution in [2.45, 2.75) is 361 Å². The summed E-state index contributed by atoms with van der Waals surface area (Å²) in [5, 5.41) is 0. The van der Waals surface area contributed by atoms with Crippen LogP contribution in [0.25, 0.3) is 0 Å². The zero-order chi connectivity index (χ0) is 45.5. The molecule has 0 bridgehead atoms. The van der Waals surface area contributed by atoms with E-state index in [9.17, 15) is 4.79 Å². The number of esters is 1. The zero-order valence-electron chi connectivity index (χ0n) is 44.2. The Morgan fingerprint density at radius 3 is 0.841 bits per heavy atom. The average Bonchev–Trinajstić information content (AvgIpc) is 3.28. The topological polar surface area (TPSA) is 26.3 Å². The number of rotatable bonds is 56. The number of ether oxygens (including phenoxy) is 1. The Kier molecular flexibility index (Phi) is 56.6. The third kappa shape index (κ3) is 59.2. The van der Waals surface area contributed by atoms with Gasteiger partial charge in [0, 0.05) is 6.42 Å². The van der Waals surface area contributed by atoms with Gasteiger partial charge in [-0.2, -0.15) is 0 Å². The van der Waals surface area contributed by atoms with Crippen molar-refractivity contribution in [3.8, 4) is 0 Å². The molecule has 0 aliphatic carbocycles. The predicted molar refractivity (Wildman–Crippen MR) is 285 cm³/mol. The second-order valence-corrected chi connectivity index (χ2v) is 21.2. The first kappa shape index (κ1) is 62.2. The van der Waals surface area contributed by atoms with Crippen LogP contribution in [0.2, 0.25) is 0 Å². The van der Waals surface area contributed by atoms with Gasteiger partial charge in [-0.3, -0.25) is 4.79 Å². The van der Waals surface area contributed by atoms with Gasteiger partial charge >= 0.3 is 5.97 Å². The Balaban J connectivity index is 3.15. The molecule has 0 amide bonds. The van der Waals surface area contributed by atoms with E-state index in [1.165, 1.54) is 321 Å². The first-order valence-electron chi connectivity index (χ1n) is 30.0. The number of unbranched alkanes of at least 4 members (excludes halogenated alkanes) is 48. The van der Waals surface area contributed by atoms with Crippen LogP contribution in [-0.4, -0.2) is 12.6 Å². The summed E-state index contributed by atoms with van der Waals surface area (Å²) in [6.07, 6.45) is 78.3. The van der Waals surface area contributed by atoms with Gasteiger partial charge in [0.2, 0.25) is 0 Å². The van der Waals surface area contributed by atoms with Crippen molar-refractivity contribution in [3.05, 3.63) is 12.2 Å². The largest absolute Gasteiger partial charge is 0.466 e. The lowest BCUT2D eigenvalue weighted by atomic mass is 10.0. The third-order valence-corrected chi connectivity index (χ3v) is 14.1. The Bertz CT molecular complexity index is 846. The summed E-state index contributed by atoms with van der Waals surface area (Å²) >= 11 is 0. The van der Waals surface area contributed by atoms with E-state index in [1.807, 2.05) is 0 Å². The summed E-state index contributed by atoms with van der Waals surface area (Å²) in [6.45, 7) is 7.63. The highest BCUT2D eigenvalue weighted by atomic mass is 16.5. The molecule has 0 aromatic carbocycles. The van der Waals surface area contributed by atoms with E-state index in [0.717, 1.165) is 18.8 Å². The Morgan fingerprint density at radius 2 is 0.556 bits per heavy atom. The number of carbonyl (C=O) groups is 1. The lowest BCUT2D eigenvalue weighted by Gasteiger charge is -2.06. The summed E-state index contributed by atoms with van der Waals surface area (Å²) in [5.41, 5.74) is 0. The van der Waals surface area contributed by atoms with Crippen LogP contribution in [-0.2, 0) is 9.53 Å². The van der Waals surface area contributed by atoms with Crippen molar-refractivity contribution in [1.29, 1.82) is 0 Å². The van der Waals surface area contributed by atoms with Gasteiger partial charge in [-0.1, -0.05) is 328 Å². The number of hydrogen-bond acceptors (Lipinski definition) is 2. The van der Waals surface area contributed by atoms with Gasteiger partial charge in [0.05, 0.1) is 6.61 Å². The Labute approximate surface area is 399 Å². The highest BCUT2D eigenvalue weighted by Crippen LogP contribution is 2.19. The average molecular weight is 886 g/mol. The molecular weight excluding hydrogens is 765 g/mol. The molecule has 0 atom stereocenters. The van der Waals surface area contributed by atoms with Crippen molar-refractivity contribution in [2.75, 3.05) is 6.61 Å². The Morgan fingerprint density at radius 1 is 0.317 bits per heavy atom. The van der Waals surface area contributed by atoms with E-state index in [0.29, 0.717) is 13.0 Å². The van der Waals surface area contributed by atoms with Crippen LogP contribution in [0.5, 0.6) is 0 Å². The molecule has 0 heterocycles. The monoisotopic (exact) mass is 885 g/mol. The molecule has 63 heavy (non-hydrogen) atoms. The van der Waals surface area contributed by atoms with Gasteiger partial charge in [-0.25, -0.2) is 0 Å². The van der Waals surface area contributed by atoms with E-state index in [2.05, 4.69) is 32.9 Å². The van der Waals surface area contributed by atoms with E-state index in [4.69, 9.17) is 4.74 Å². The zero-order valence-corrected chi connectivity index (χ0v) is 44.2. The van der Waals surface area contributed by atoms with Gasteiger partial charge in [0.25, 0.3) is 0 Å². The van der Waals surface area contributed by atoms with Crippen molar-refractivity contribution in [1.82, 2.24) is 0 Å². The van der Waals surface area contributed by atoms with Gasteiger partial charge in [-0.05, 0) is 44.4 Å². The van der Waals surface area contributed by atoms with Crippen molar-refractivity contribution in [3.63, 3.8) is 0 Å². The van der Waals surface area contributed by atoms with Crippen molar-refractivity contribution < 1.29 is 9.53 Å². The normalized spacial score (nSPS) is 11.8. The maximum absolute atomic E-state index is 12.1. The lowest BCUT2D eigenvalue weighted by Crippen LogP contribution is -2.05. The first-order valence-corrected chi connectivity index (χ1v) is 30.0. The van der Waals surface area contributed by atoms with Crippen molar-refractivity contribution >= 4 is 5.97 Å². The molecule has 0 aromatic rings. The van der Waals surface area contributed by atoms with E-state index in [1.54, 1.807) is 0 Å². The number of carbonyl (C=O) groups excluding carboxylic acids is 1. The van der Waals surface area contributed by atoms with Crippen LogP contribution in [0.15, 0.2) is 12.2 Å². The highest BCUT2D eigenvalue weighted by Gasteiger charge is 2.03. The first-order chi connectivity index (χ1) is 31.2. The second-order valence-electron chi connectivity index (χ2n) is 21.2. The minimum Gasteiger partial charge on any atom is -0.466 e. The molecule has 0 aromatic heterocycles. The molecule has 0 aliphatic heterocycles. The summed E-state index contributed by atoms with van der Waals surface area (Å²) in [7, 11) is 0. The molecule has 0 unspecified atom stereocenters. The maximum Gasteiger partial charge on any atom is 0.305 e. The van der Waals surface area contributed by atoms with E-state index >= 15 is 0 Å². The smallest absolute Gasteiger partial charge is 0.305 e.